The lowest BCUT2D eigenvalue weighted by atomic mass is 10.2. The molecular formula is C20H27N5O5. The Bertz CT molecular complexity index is 854. The largest absolute Gasteiger partial charge is 0.497 e. The van der Waals surface area contributed by atoms with E-state index in [2.05, 4.69) is 20.7 Å². The van der Waals surface area contributed by atoms with Crippen molar-refractivity contribution < 1.29 is 23.6 Å². The zero-order valence-corrected chi connectivity index (χ0v) is 17.4. The summed E-state index contributed by atoms with van der Waals surface area (Å²) in [6.07, 6.45) is 0. The lowest BCUT2D eigenvalue weighted by Crippen LogP contribution is -2.50. The van der Waals surface area contributed by atoms with Gasteiger partial charge in [0.25, 0.3) is 5.91 Å². The summed E-state index contributed by atoms with van der Waals surface area (Å²) in [5.74, 6) is 1.70. The number of ether oxygens (including phenoxy) is 2. The van der Waals surface area contributed by atoms with Gasteiger partial charge in [-0.15, -0.1) is 0 Å². The molecule has 0 unspecified atom stereocenters. The van der Waals surface area contributed by atoms with Crippen LogP contribution in [0.1, 0.15) is 16.2 Å². The SMILES string of the molecule is COc1cc(NC(=O)NCCN2CCN(C(=O)c3cc(C)on3)CC2)cc(OC)c1. The van der Waals surface area contributed by atoms with Crippen LogP contribution in [0, 0.1) is 6.92 Å². The van der Waals surface area contributed by atoms with Crippen LogP contribution in [0.3, 0.4) is 0 Å². The molecule has 0 spiro atoms. The monoisotopic (exact) mass is 417 g/mol. The molecule has 3 amide bonds. The first kappa shape index (κ1) is 21.4. The molecule has 3 rings (SSSR count). The van der Waals surface area contributed by atoms with Gasteiger partial charge in [0.05, 0.1) is 14.2 Å². The molecular weight excluding hydrogens is 390 g/mol. The van der Waals surface area contributed by atoms with Crippen molar-refractivity contribution in [2.24, 2.45) is 0 Å². The van der Waals surface area contributed by atoms with Crippen LogP contribution < -0.4 is 20.1 Å². The maximum absolute atomic E-state index is 12.4. The molecule has 0 bridgehead atoms. The third-order valence-corrected chi connectivity index (χ3v) is 4.83. The fourth-order valence-corrected chi connectivity index (χ4v) is 3.19. The third-order valence-electron chi connectivity index (χ3n) is 4.83. The van der Waals surface area contributed by atoms with E-state index < -0.39 is 0 Å². The first-order valence-electron chi connectivity index (χ1n) is 9.71. The molecule has 1 aliphatic heterocycles. The highest BCUT2D eigenvalue weighted by atomic mass is 16.5. The molecule has 1 fully saturated rings. The summed E-state index contributed by atoms with van der Waals surface area (Å²) in [5, 5.41) is 9.40. The van der Waals surface area contributed by atoms with E-state index >= 15 is 0 Å². The van der Waals surface area contributed by atoms with Crippen molar-refractivity contribution in [1.29, 1.82) is 0 Å². The average molecular weight is 417 g/mol. The van der Waals surface area contributed by atoms with Gasteiger partial charge in [0.15, 0.2) is 5.69 Å². The first-order chi connectivity index (χ1) is 14.5. The molecule has 2 N–H and O–H groups in total. The third kappa shape index (κ3) is 5.63. The lowest BCUT2D eigenvalue weighted by molar-refractivity contribution is 0.0629. The number of carbonyl (C=O) groups excluding carboxylic acids is 2. The van der Waals surface area contributed by atoms with Crippen molar-refractivity contribution in [2.45, 2.75) is 6.92 Å². The molecule has 162 valence electrons. The van der Waals surface area contributed by atoms with Crippen molar-refractivity contribution in [3.05, 3.63) is 35.7 Å². The minimum Gasteiger partial charge on any atom is -0.497 e. The summed E-state index contributed by atoms with van der Waals surface area (Å²) in [6, 6.07) is 6.51. The number of aromatic nitrogens is 1. The number of amides is 3. The fourth-order valence-electron chi connectivity index (χ4n) is 3.19. The summed E-state index contributed by atoms with van der Waals surface area (Å²) in [6.45, 7) is 5.64. The standard InChI is InChI=1S/C20H27N5O5/c1-14-10-18(23-30-14)19(26)25-8-6-24(7-9-25)5-4-21-20(27)22-15-11-16(28-2)13-17(12-15)29-3/h10-13H,4-9H2,1-3H3,(H2,21,22,27). The molecule has 1 aliphatic rings. The van der Waals surface area contributed by atoms with Gasteiger partial charge >= 0.3 is 6.03 Å². The zero-order valence-electron chi connectivity index (χ0n) is 17.4. The average Bonchev–Trinajstić information content (AvgIpc) is 3.19. The van der Waals surface area contributed by atoms with Gasteiger partial charge in [0, 0.05) is 69.2 Å². The number of hydrogen-bond donors (Lipinski definition) is 2. The van der Waals surface area contributed by atoms with E-state index in [1.807, 2.05) is 0 Å². The minimum absolute atomic E-state index is 0.113. The molecule has 10 nitrogen and oxygen atoms in total. The highest BCUT2D eigenvalue weighted by Crippen LogP contribution is 2.25. The normalized spacial score (nSPS) is 14.3. The maximum atomic E-state index is 12.4. The Morgan fingerprint density at radius 1 is 1.07 bits per heavy atom. The molecule has 0 saturated carbocycles. The van der Waals surface area contributed by atoms with E-state index in [0.717, 1.165) is 13.1 Å². The summed E-state index contributed by atoms with van der Waals surface area (Å²) >= 11 is 0. The summed E-state index contributed by atoms with van der Waals surface area (Å²) < 4.78 is 15.4. The smallest absolute Gasteiger partial charge is 0.319 e. The quantitative estimate of drug-likeness (QED) is 0.704. The van der Waals surface area contributed by atoms with E-state index in [4.69, 9.17) is 14.0 Å². The Hall–Kier alpha value is -3.27. The van der Waals surface area contributed by atoms with E-state index in [0.29, 0.717) is 54.8 Å². The van der Waals surface area contributed by atoms with Crippen molar-refractivity contribution in [3.63, 3.8) is 0 Å². The van der Waals surface area contributed by atoms with Crippen LogP contribution in [-0.2, 0) is 0 Å². The molecule has 0 aliphatic carbocycles. The zero-order chi connectivity index (χ0) is 21.5. The number of urea groups is 1. The Morgan fingerprint density at radius 2 is 1.73 bits per heavy atom. The van der Waals surface area contributed by atoms with Crippen LogP contribution in [0.5, 0.6) is 11.5 Å². The number of methoxy groups -OCH3 is 2. The number of piperazine rings is 1. The van der Waals surface area contributed by atoms with Gasteiger partial charge in [0.2, 0.25) is 0 Å². The van der Waals surface area contributed by atoms with Crippen molar-refractivity contribution in [2.75, 3.05) is 58.8 Å². The molecule has 1 aromatic carbocycles. The van der Waals surface area contributed by atoms with Gasteiger partial charge < -0.3 is 29.5 Å². The van der Waals surface area contributed by atoms with Crippen molar-refractivity contribution in [3.8, 4) is 11.5 Å². The number of nitrogens with zero attached hydrogens (tertiary/aromatic N) is 3. The number of nitrogens with one attached hydrogen (secondary N) is 2. The Kier molecular flexibility index (Phi) is 7.12. The second kappa shape index (κ2) is 9.97. The predicted octanol–water partition coefficient (Wildman–Crippen LogP) is 1.58. The van der Waals surface area contributed by atoms with Crippen LogP contribution >= 0.6 is 0 Å². The van der Waals surface area contributed by atoms with Gasteiger partial charge in [-0.3, -0.25) is 9.69 Å². The number of aryl methyl sites for hydroxylation is 1. The van der Waals surface area contributed by atoms with Crippen LogP contribution in [0.4, 0.5) is 10.5 Å². The van der Waals surface area contributed by atoms with Gasteiger partial charge in [-0.1, -0.05) is 5.16 Å². The van der Waals surface area contributed by atoms with Gasteiger partial charge in [-0.25, -0.2) is 4.79 Å². The number of anilines is 1. The number of carbonyl (C=O) groups is 2. The fraction of sp³-hybridized carbons (Fsp3) is 0.450. The molecule has 0 atom stereocenters. The van der Waals surface area contributed by atoms with E-state index in [-0.39, 0.29) is 11.9 Å². The molecule has 1 aromatic heterocycles. The summed E-state index contributed by atoms with van der Waals surface area (Å²) in [5.41, 5.74) is 0.924. The highest BCUT2D eigenvalue weighted by Gasteiger charge is 2.24. The second-order valence-electron chi connectivity index (χ2n) is 6.94. The highest BCUT2D eigenvalue weighted by molar-refractivity contribution is 5.92. The van der Waals surface area contributed by atoms with Gasteiger partial charge in [-0.05, 0) is 6.92 Å². The molecule has 1 saturated heterocycles. The van der Waals surface area contributed by atoms with Gasteiger partial charge in [-0.2, -0.15) is 0 Å². The molecule has 30 heavy (non-hydrogen) atoms. The first-order valence-corrected chi connectivity index (χ1v) is 9.71. The number of hydrogen-bond acceptors (Lipinski definition) is 7. The maximum Gasteiger partial charge on any atom is 0.319 e. The topological polar surface area (TPSA) is 109 Å². The van der Waals surface area contributed by atoms with E-state index in [1.165, 1.54) is 0 Å². The summed E-state index contributed by atoms with van der Waals surface area (Å²) in [7, 11) is 3.11. The predicted molar refractivity (Wildman–Crippen MR) is 110 cm³/mol. The van der Waals surface area contributed by atoms with Crippen LogP contribution in [0.2, 0.25) is 0 Å². The minimum atomic E-state index is -0.305. The van der Waals surface area contributed by atoms with E-state index in [9.17, 15) is 9.59 Å². The van der Waals surface area contributed by atoms with Crippen molar-refractivity contribution >= 4 is 17.6 Å². The Morgan fingerprint density at radius 3 is 2.30 bits per heavy atom. The Labute approximate surface area is 175 Å². The molecule has 2 aromatic rings. The molecule has 10 heteroatoms. The van der Waals surface area contributed by atoms with Gasteiger partial charge in [0.1, 0.15) is 17.3 Å². The Balaban J connectivity index is 1.39. The second-order valence-corrected chi connectivity index (χ2v) is 6.94. The summed E-state index contributed by atoms with van der Waals surface area (Å²) in [4.78, 5) is 28.5. The number of rotatable bonds is 7. The van der Waals surface area contributed by atoms with Crippen LogP contribution in [0.25, 0.3) is 0 Å². The molecule has 2 heterocycles. The number of benzene rings is 1. The van der Waals surface area contributed by atoms with Crippen molar-refractivity contribution in [1.82, 2.24) is 20.3 Å². The lowest BCUT2D eigenvalue weighted by Gasteiger charge is -2.34. The van der Waals surface area contributed by atoms with Crippen LogP contribution in [0.15, 0.2) is 28.8 Å². The van der Waals surface area contributed by atoms with Crippen LogP contribution in [-0.4, -0.2) is 80.4 Å². The van der Waals surface area contributed by atoms with E-state index in [1.54, 1.807) is 50.3 Å². The molecule has 0 radical (unpaired) electrons.